The predicted octanol–water partition coefficient (Wildman–Crippen LogP) is 3.01. The molecule has 128 valence electrons. The fourth-order valence-corrected chi connectivity index (χ4v) is 4.79. The van der Waals surface area contributed by atoms with Crippen LogP contribution >= 0.6 is 8.58 Å². The first-order valence-electron chi connectivity index (χ1n) is 8.73. The first-order chi connectivity index (χ1) is 11.2. The molecule has 1 nitrogen and oxygen atoms in total. The number of carbonyl (C=O) groups is 1. The Kier molecular flexibility index (Phi) is 8.15. The largest absolute Gasteiger partial charge is 1.00 e. The maximum absolute atomic E-state index is 13.0. The molecule has 0 radical (unpaired) electrons. The standard InChI is InChI=1S/C22H29OP.Li/c1-13(2)18-8-9-19(14(3)4)20(12-18)24-22(23)21-16(6)10-15(5)11-17(21)7;/h8-14,24H,1-7H3;/q;+1. The summed E-state index contributed by atoms with van der Waals surface area (Å²) in [6, 6.07) is 10.9. The number of hydrogen-bond donors (Lipinski definition) is 0. The molecule has 2 aromatic carbocycles. The summed E-state index contributed by atoms with van der Waals surface area (Å²) in [7, 11) is 0.187. The van der Waals surface area contributed by atoms with E-state index in [0.717, 1.165) is 16.7 Å². The summed E-state index contributed by atoms with van der Waals surface area (Å²) < 4.78 is 0. The van der Waals surface area contributed by atoms with E-state index in [1.54, 1.807) is 0 Å². The van der Waals surface area contributed by atoms with Crippen molar-refractivity contribution >= 4 is 19.4 Å². The third kappa shape index (κ3) is 5.31. The van der Waals surface area contributed by atoms with Crippen molar-refractivity contribution in [2.24, 2.45) is 0 Å². The van der Waals surface area contributed by atoms with Crippen molar-refractivity contribution in [2.45, 2.75) is 60.3 Å². The fraction of sp³-hybridized carbons (Fsp3) is 0.409. The van der Waals surface area contributed by atoms with Gasteiger partial charge in [-0.2, -0.15) is 0 Å². The van der Waals surface area contributed by atoms with Crippen LogP contribution in [0, 0.1) is 20.8 Å². The van der Waals surface area contributed by atoms with E-state index in [1.807, 2.05) is 13.8 Å². The molecule has 0 amide bonds. The van der Waals surface area contributed by atoms with Gasteiger partial charge in [-0.3, -0.25) is 4.79 Å². The Bertz CT molecular complexity index is 740. The molecule has 0 spiro atoms. The zero-order chi connectivity index (χ0) is 18.0. The van der Waals surface area contributed by atoms with Crippen LogP contribution < -0.4 is 24.2 Å². The van der Waals surface area contributed by atoms with Crippen molar-refractivity contribution in [3.8, 4) is 0 Å². The number of rotatable bonds is 5. The zero-order valence-corrected chi connectivity index (χ0v) is 17.9. The van der Waals surface area contributed by atoms with Crippen molar-refractivity contribution in [1.29, 1.82) is 0 Å². The van der Waals surface area contributed by atoms with Crippen LogP contribution in [-0.4, -0.2) is 5.52 Å². The third-order valence-corrected chi connectivity index (χ3v) is 5.70. The van der Waals surface area contributed by atoms with Crippen LogP contribution in [0.2, 0.25) is 0 Å². The van der Waals surface area contributed by atoms with Gasteiger partial charge in [0.1, 0.15) is 0 Å². The smallest absolute Gasteiger partial charge is 0.289 e. The van der Waals surface area contributed by atoms with Crippen LogP contribution in [-0.2, 0) is 0 Å². The molecule has 0 N–H and O–H groups in total. The van der Waals surface area contributed by atoms with Gasteiger partial charge in [0.25, 0.3) is 0 Å². The van der Waals surface area contributed by atoms with Gasteiger partial charge in [-0.05, 0) is 68.7 Å². The molecular weight excluding hydrogens is 318 g/mol. The number of hydrogen-bond acceptors (Lipinski definition) is 1. The predicted molar refractivity (Wildman–Crippen MR) is 108 cm³/mol. The minimum atomic E-state index is 0. The van der Waals surface area contributed by atoms with E-state index in [1.165, 1.54) is 22.0 Å². The normalized spacial score (nSPS) is 11.4. The minimum Gasteiger partial charge on any atom is -0.289 e. The quantitative estimate of drug-likeness (QED) is 0.600. The second-order valence-corrected chi connectivity index (χ2v) is 8.63. The molecule has 0 saturated carbocycles. The van der Waals surface area contributed by atoms with E-state index in [-0.39, 0.29) is 33.0 Å². The molecule has 0 aliphatic rings. The van der Waals surface area contributed by atoms with Crippen LogP contribution in [0.3, 0.4) is 0 Å². The van der Waals surface area contributed by atoms with E-state index in [2.05, 4.69) is 65.0 Å². The number of benzene rings is 2. The molecule has 2 rings (SSSR count). The van der Waals surface area contributed by atoms with E-state index < -0.39 is 0 Å². The molecule has 0 aliphatic heterocycles. The Hall–Kier alpha value is -0.863. The van der Waals surface area contributed by atoms with Crippen molar-refractivity contribution in [2.75, 3.05) is 0 Å². The first kappa shape index (κ1) is 22.2. The molecule has 1 unspecified atom stereocenters. The molecule has 0 heterocycles. The SMILES string of the molecule is Cc1cc(C)c(C(=O)Pc2cc(C(C)C)ccc2C(C)C)c(C)c1.[Li+]. The van der Waals surface area contributed by atoms with Gasteiger partial charge < -0.3 is 0 Å². The summed E-state index contributed by atoms with van der Waals surface area (Å²) in [5, 5.41) is 1.21. The maximum atomic E-state index is 13.0. The van der Waals surface area contributed by atoms with Crippen LogP contribution in [0.15, 0.2) is 30.3 Å². The maximum Gasteiger partial charge on any atom is 1.00 e. The Balaban J connectivity index is 0.00000312. The van der Waals surface area contributed by atoms with Crippen molar-refractivity contribution < 1.29 is 23.7 Å². The second kappa shape index (κ2) is 9.18. The van der Waals surface area contributed by atoms with Gasteiger partial charge in [-0.15, -0.1) is 0 Å². The summed E-state index contributed by atoms with van der Waals surface area (Å²) in [6.45, 7) is 15.0. The average Bonchev–Trinajstić information content (AvgIpc) is 2.45. The second-order valence-electron chi connectivity index (χ2n) is 7.38. The van der Waals surface area contributed by atoms with Crippen molar-refractivity contribution in [1.82, 2.24) is 0 Å². The van der Waals surface area contributed by atoms with Gasteiger partial charge >= 0.3 is 18.9 Å². The minimum absolute atomic E-state index is 0. The summed E-state index contributed by atoms with van der Waals surface area (Å²) in [4.78, 5) is 13.0. The van der Waals surface area contributed by atoms with Crippen LogP contribution in [0.25, 0.3) is 0 Å². The molecule has 0 aromatic heterocycles. The van der Waals surface area contributed by atoms with E-state index in [0.29, 0.717) is 11.8 Å². The molecular formula is C22H29LiOP+. The molecule has 0 saturated heterocycles. The summed E-state index contributed by atoms with van der Waals surface area (Å²) in [5.74, 6) is 0.912. The van der Waals surface area contributed by atoms with Gasteiger partial charge in [-0.25, -0.2) is 0 Å². The topological polar surface area (TPSA) is 17.1 Å². The Morgan fingerprint density at radius 3 is 1.92 bits per heavy atom. The molecule has 0 bridgehead atoms. The summed E-state index contributed by atoms with van der Waals surface area (Å²) in [5.41, 5.74) is 7.18. The molecule has 0 aliphatic carbocycles. The Labute approximate surface area is 167 Å². The summed E-state index contributed by atoms with van der Waals surface area (Å²) in [6.07, 6.45) is 0. The first-order valence-corrected chi connectivity index (χ1v) is 9.73. The molecule has 3 heteroatoms. The van der Waals surface area contributed by atoms with Crippen LogP contribution in [0.4, 0.5) is 0 Å². The Morgan fingerprint density at radius 2 is 1.44 bits per heavy atom. The van der Waals surface area contributed by atoms with Gasteiger partial charge in [-0.1, -0.05) is 63.6 Å². The number of aryl methyl sites for hydroxylation is 3. The monoisotopic (exact) mass is 347 g/mol. The molecule has 25 heavy (non-hydrogen) atoms. The van der Waals surface area contributed by atoms with Gasteiger partial charge in [0.05, 0.1) is 0 Å². The van der Waals surface area contributed by atoms with Gasteiger partial charge in [0, 0.05) is 5.56 Å². The van der Waals surface area contributed by atoms with Crippen LogP contribution in [0.1, 0.15) is 77.7 Å². The van der Waals surface area contributed by atoms with E-state index >= 15 is 0 Å². The van der Waals surface area contributed by atoms with E-state index in [9.17, 15) is 4.79 Å². The van der Waals surface area contributed by atoms with Gasteiger partial charge in [0.15, 0.2) is 5.52 Å². The summed E-state index contributed by atoms with van der Waals surface area (Å²) >= 11 is 0. The molecule has 2 aromatic rings. The Morgan fingerprint density at radius 1 is 0.880 bits per heavy atom. The van der Waals surface area contributed by atoms with Crippen molar-refractivity contribution in [3.05, 3.63) is 63.7 Å². The van der Waals surface area contributed by atoms with Crippen LogP contribution in [0.5, 0.6) is 0 Å². The average molecular weight is 347 g/mol. The van der Waals surface area contributed by atoms with E-state index in [4.69, 9.17) is 0 Å². The molecule has 1 atom stereocenters. The molecule has 0 fully saturated rings. The third-order valence-electron chi connectivity index (χ3n) is 4.52. The van der Waals surface area contributed by atoms with Crippen molar-refractivity contribution in [3.63, 3.8) is 0 Å². The van der Waals surface area contributed by atoms with Gasteiger partial charge in [0.2, 0.25) is 0 Å². The zero-order valence-electron chi connectivity index (χ0n) is 16.9. The number of carbonyl (C=O) groups excluding carboxylic acids is 1. The fourth-order valence-electron chi connectivity index (χ4n) is 3.27.